The summed E-state index contributed by atoms with van der Waals surface area (Å²) in [6.07, 6.45) is 3.33. The minimum Gasteiger partial charge on any atom is -0.301 e. The number of carbonyl (C=O) groups excluding carboxylic acids is 1. The van der Waals surface area contributed by atoms with Crippen LogP contribution in [0.2, 0.25) is 0 Å². The number of aromatic amines is 1. The molecule has 1 heterocycles. The molecule has 1 aromatic heterocycles. The van der Waals surface area contributed by atoms with Crippen LogP contribution >= 0.6 is 11.8 Å². The first-order valence-electron chi connectivity index (χ1n) is 7.87. The predicted molar refractivity (Wildman–Crippen MR) is 93.2 cm³/mol. The Hall–Kier alpha value is -2.12. The van der Waals surface area contributed by atoms with E-state index in [1.807, 2.05) is 18.2 Å². The number of carbonyl (C=O) groups is 1. The molecule has 0 aliphatic heterocycles. The molecule has 0 saturated carbocycles. The Kier molecular flexibility index (Phi) is 7.51. The molecular weight excluding hydrogens is 326 g/mol. The van der Waals surface area contributed by atoms with E-state index < -0.39 is 0 Å². The van der Waals surface area contributed by atoms with Gasteiger partial charge in [-0.25, -0.2) is 10.5 Å². The molecule has 2 rings (SSSR count). The summed E-state index contributed by atoms with van der Waals surface area (Å²) in [5.41, 5.74) is 3.47. The van der Waals surface area contributed by atoms with Gasteiger partial charge in [0.2, 0.25) is 5.91 Å². The lowest BCUT2D eigenvalue weighted by atomic mass is 10.1. The highest BCUT2D eigenvalue weighted by Gasteiger charge is 2.04. The van der Waals surface area contributed by atoms with Crippen LogP contribution in [0, 0.1) is 0 Å². The maximum absolute atomic E-state index is 11.7. The van der Waals surface area contributed by atoms with Gasteiger partial charge < -0.3 is 4.98 Å². The van der Waals surface area contributed by atoms with Crippen LogP contribution in [0.15, 0.2) is 46.3 Å². The summed E-state index contributed by atoms with van der Waals surface area (Å²) in [5.74, 6) is 0.374. The largest absolute Gasteiger partial charge is 0.301 e. The van der Waals surface area contributed by atoms with E-state index in [1.165, 1.54) is 17.3 Å². The number of aromatic nitrogens is 2. The summed E-state index contributed by atoms with van der Waals surface area (Å²) in [6.45, 7) is 0. The summed E-state index contributed by atoms with van der Waals surface area (Å²) < 4.78 is 0. The van der Waals surface area contributed by atoms with E-state index in [1.54, 1.807) is 11.5 Å². The zero-order valence-corrected chi connectivity index (χ0v) is 14.1. The molecule has 7 heteroatoms. The number of nitrogens with zero attached hydrogens (tertiary/aromatic N) is 1. The molecule has 0 aliphatic rings. The van der Waals surface area contributed by atoms with Crippen LogP contribution in [0.1, 0.15) is 30.5 Å². The molecule has 0 fully saturated rings. The number of rotatable bonds is 9. The number of hydrogen-bond acceptors (Lipinski definition) is 5. The molecule has 6 nitrogen and oxygen atoms in total. The molecule has 0 radical (unpaired) electrons. The Balaban J connectivity index is 1.82. The molecular formula is C17H21N3O3S. The van der Waals surface area contributed by atoms with Crippen LogP contribution in [0.25, 0.3) is 0 Å². The Morgan fingerprint density at radius 3 is 2.75 bits per heavy atom. The number of hydroxylamine groups is 1. The van der Waals surface area contributed by atoms with Gasteiger partial charge in [0.05, 0.1) is 0 Å². The summed E-state index contributed by atoms with van der Waals surface area (Å²) >= 11 is 1.47. The van der Waals surface area contributed by atoms with E-state index in [4.69, 9.17) is 5.21 Å². The molecule has 0 unspecified atom stereocenters. The maximum Gasteiger partial charge on any atom is 0.251 e. The summed E-state index contributed by atoms with van der Waals surface area (Å²) in [7, 11) is 0. The van der Waals surface area contributed by atoms with Gasteiger partial charge in [-0.2, -0.15) is 0 Å². The van der Waals surface area contributed by atoms with Crippen LogP contribution in [0.3, 0.4) is 0 Å². The summed E-state index contributed by atoms with van der Waals surface area (Å²) in [4.78, 5) is 29.9. The average Bonchev–Trinajstić information content (AvgIpc) is 2.60. The van der Waals surface area contributed by atoms with Crippen LogP contribution in [-0.2, 0) is 17.6 Å². The smallest absolute Gasteiger partial charge is 0.251 e. The van der Waals surface area contributed by atoms with Crippen LogP contribution in [0.4, 0.5) is 0 Å². The molecule has 3 N–H and O–H groups in total. The third-order valence-electron chi connectivity index (χ3n) is 3.45. The van der Waals surface area contributed by atoms with Crippen molar-refractivity contribution in [1.29, 1.82) is 0 Å². The van der Waals surface area contributed by atoms with Crippen molar-refractivity contribution in [2.24, 2.45) is 0 Å². The Morgan fingerprint density at radius 1 is 1.21 bits per heavy atom. The SMILES string of the molecule is O=C(CCCCSc1nc(CCc2ccccc2)cc(=O)[nH]1)NO. The zero-order valence-electron chi connectivity index (χ0n) is 13.3. The summed E-state index contributed by atoms with van der Waals surface area (Å²) in [5, 5.41) is 9.02. The van der Waals surface area contributed by atoms with E-state index in [2.05, 4.69) is 22.1 Å². The van der Waals surface area contributed by atoms with Gasteiger partial charge in [0.15, 0.2) is 5.16 Å². The highest BCUT2D eigenvalue weighted by atomic mass is 32.2. The molecule has 0 bridgehead atoms. The average molecular weight is 347 g/mol. The number of H-pyrrole nitrogens is 1. The van der Waals surface area contributed by atoms with Crippen molar-refractivity contribution in [3.8, 4) is 0 Å². The third kappa shape index (κ3) is 6.55. The third-order valence-corrected chi connectivity index (χ3v) is 4.41. The van der Waals surface area contributed by atoms with Crippen molar-refractivity contribution in [2.75, 3.05) is 5.75 Å². The first-order chi connectivity index (χ1) is 11.7. The number of aryl methyl sites for hydroxylation is 2. The van der Waals surface area contributed by atoms with Crippen molar-refractivity contribution >= 4 is 17.7 Å². The first kappa shape index (κ1) is 18.2. The molecule has 1 amide bonds. The maximum atomic E-state index is 11.7. The number of nitrogens with one attached hydrogen (secondary N) is 2. The van der Waals surface area contributed by atoms with E-state index in [0.717, 1.165) is 30.7 Å². The van der Waals surface area contributed by atoms with Crippen molar-refractivity contribution < 1.29 is 10.0 Å². The van der Waals surface area contributed by atoms with E-state index in [-0.39, 0.29) is 17.9 Å². The first-order valence-corrected chi connectivity index (χ1v) is 8.86. The van der Waals surface area contributed by atoms with Crippen LogP contribution in [0.5, 0.6) is 0 Å². The topological polar surface area (TPSA) is 95.1 Å². The second-order valence-electron chi connectivity index (χ2n) is 5.37. The molecule has 2 aromatic rings. The lowest BCUT2D eigenvalue weighted by Gasteiger charge is -2.05. The van der Waals surface area contributed by atoms with E-state index >= 15 is 0 Å². The van der Waals surface area contributed by atoms with Gasteiger partial charge in [0, 0.05) is 23.9 Å². The Labute approximate surface area is 144 Å². The van der Waals surface area contributed by atoms with Crippen molar-refractivity contribution in [2.45, 2.75) is 37.3 Å². The molecule has 0 saturated heterocycles. The van der Waals surface area contributed by atoms with Gasteiger partial charge >= 0.3 is 0 Å². The van der Waals surface area contributed by atoms with Crippen LogP contribution < -0.4 is 11.0 Å². The Morgan fingerprint density at radius 2 is 2.00 bits per heavy atom. The quantitative estimate of drug-likeness (QED) is 0.213. The normalized spacial score (nSPS) is 10.5. The molecule has 1 aromatic carbocycles. The highest BCUT2D eigenvalue weighted by Crippen LogP contribution is 2.15. The number of hydrogen-bond donors (Lipinski definition) is 3. The zero-order chi connectivity index (χ0) is 17.2. The highest BCUT2D eigenvalue weighted by molar-refractivity contribution is 7.99. The second kappa shape index (κ2) is 9.89. The van der Waals surface area contributed by atoms with Gasteiger partial charge in [-0.15, -0.1) is 0 Å². The molecule has 0 spiro atoms. The molecule has 0 aliphatic carbocycles. The van der Waals surface area contributed by atoms with Gasteiger partial charge in [-0.05, 0) is 31.2 Å². The summed E-state index contributed by atoms with van der Waals surface area (Å²) in [6, 6.07) is 11.6. The van der Waals surface area contributed by atoms with Gasteiger partial charge in [0.25, 0.3) is 5.56 Å². The Bertz CT molecular complexity index is 704. The number of amides is 1. The fourth-order valence-electron chi connectivity index (χ4n) is 2.21. The fourth-order valence-corrected chi connectivity index (χ4v) is 3.11. The van der Waals surface area contributed by atoms with Crippen LogP contribution in [-0.4, -0.2) is 26.8 Å². The van der Waals surface area contributed by atoms with Crippen molar-refractivity contribution in [1.82, 2.24) is 15.4 Å². The monoisotopic (exact) mass is 347 g/mol. The number of unbranched alkanes of at least 4 members (excludes halogenated alkanes) is 1. The predicted octanol–water partition coefficient (Wildman–Crippen LogP) is 2.32. The van der Waals surface area contributed by atoms with Gasteiger partial charge in [0.1, 0.15) is 0 Å². The number of benzene rings is 1. The second-order valence-corrected chi connectivity index (χ2v) is 6.45. The lowest BCUT2D eigenvalue weighted by molar-refractivity contribution is -0.129. The van der Waals surface area contributed by atoms with Gasteiger partial charge in [-0.1, -0.05) is 42.1 Å². The number of thioether (sulfide) groups is 1. The lowest BCUT2D eigenvalue weighted by Crippen LogP contribution is -2.17. The van der Waals surface area contributed by atoms with E-state index in [9.17, 15) is 9.59 Å². The fraction of sp³-hybridized carbons (Fsp3) is 0.353. The van der Waals surface area contributed by atoms with Gasteiger partial charge in [-0.3, -0.25) is 14.8 Å². The minimum absolute atomic E-state index is 0.143. The van der Waals surface area contributed by atoms with Crippen molar-refractivity contribution in [3.63, 3.8) is 0 Å². The van der Waals surface area contributed by atoms with Crippen molar-refractivity contribution in [3.05, 3.63) is 58.0 Å². The standard InChI is InChI=1S/C17H21N3O3S/c21-15(20-23)8-4-5-11-24-17-18-14(12-16(22)19-17)10-9-13-6-2-1-3-7-13/h1-3,6-7,12,23H,4-5,8-11H2,(H,20,21)(H,18,19,22). The molecule has 128 valence electrons. The minimum atomic E-state index is -0.380. The molecule has 0 atom stereocenters. The van der Waals surface area contributed by atoms with E-state index in [0.29, 0.717) is 11.6 Å². The molecule has 24 heavy (non-hydrogen) atoms.